The number of nitrogens with zero attached hydrogens (tertiary/aromatic N) is 1. The lowest BCUT2D eigenvalue weighted by molar-refractivity contribution is 0.0427. The van der Waals surface area contributed by atoms with E-state index in [0.717, 1.165) is 6.42 Å². The van der Waals surface area contributed by atoms with Crippen LogP contribution in [-0.4, -0.2) is 53.0 Å². The van der Waals surface area contributed by atoms with Crippen molar-refractivity contribution in [3.05, 3.63) is 0 Å². The summed E-state index contributed by atoms with van der Waals surface area (Å²) < 4.78 is 0. The van der Waals surface area contributed by atoms with Crippen LogP contribution in [0.2, 0.25) is 0 Å². The first-order chi connectivity index (χ1) is 8.71. The number of carbonyl (C=O) groups excluding carboxylic acids is 1. The van der Waals surface area contributed by atoms with E-state index in [2.05, 4.69) is 5.32 Å². The molecule has 0 aromatic rings. The maximum absolute atomic E-state index is 12.0. The zero-order chi connectivity index (χ0) is 14.6. The van der Waals surface area contributed by atoms with Gasteiger partial charge in [0.25, 0.3) is 0 Å². The molecule has 5 heteroatoms. The average Bonchev–Trinajstić information content (AvgIpc) is 2.28. The van der Waals surface area contributed by atoms with Gasteiger partial charge in [-0.1, -0.05) is 20.8 Å². The molecule has 0 aromatic heterocycles. The molecule has 1 rings (SSSR count). The summed E-state index contributed by atoms with van der Waals surface area (Å²) in [5.41, 5.74) is -0.133. The average molecular weight is 272 g/mol. The summed E-state index contributed by atoms with van der Waals surface area (Å²) >= 11 is 0. The van der Waals surface area contributed by atoms with Crippen LogP contribution in [0.15, 0.2) is 0 Å². The quantitative estimate of drug-likeness (QED) is 0.720. The van der Waals surface area contributed by atoms with Gasteiger partial charge in [0.05, 0.1) is 12.2 Å². The standard InChI is InChI=1S/C14H28N2O3/c1-10-5-6-16(8-12(10)18)13(19)15-9-14(3,4)7-11(2)17/h10-12,17-18H,5-9H2,1-4H3,(H,15,19). The number of β-amino-alcohol motifs (C(OH)–C–C–N with tert-alkyl or cyclic N) is 1. The monoisotopic (exact) mass is 272 g/mol. The Kier molecular flexibility index (Phi) is 5.62. The van der Waals surface area contributed by atoms with Crippen molar-refractivity contribution in [1.29, 1.82) is 0 Å². The van der Waals surface area contributed by atoms with E-state index in [1.165, 1.54) is 0 Å². The van der Waals surface area contributed by atoms with E-state index in [1.54, 1.807) is 11.8 Å². The van der Waals surface area contributed by atoms with Crippen LogP contribution in [0.1, 0.15) is 40.5 Å². The molecule has 0 aliphatic carbocycles. The number of nitrogens with one attached hydrogen (secondary N) is 1. The molecule has 5 nitrogen and oxygen atoms in total. The number of hydrogen-bond acceptors (Lipinski definition) is 3. The summed E-state index contributed by atoms with van der Waals surface area (Å²) in [6.45, 7) is 9.43. The summed E-state index contributed by atoms with van der Waals surface area (Å²) in [6.07, 6.45) is 0.688. The maximum atomic E-state index is 12.0. The Hall–Kier alpha value is -0.810. The molecule has 3 N–H and O–H groups in total. The van der Waals surface area contributed by atoms with E-state index in [9.17, 15) is 15.0 Å². The van der Waals surface area contributed by atoms with E-state index in [-0.39, 0.29) is 23.5 Å². The van der Waals surface area contributed by atoms with Gasteiger partial charge >= 0.3 is 6.03 Å². The number of aliphatic hydroxyl groups is 2. The molecule has 0 aromatic carbocycles. The second-order valence-electron chi connectivity index (χ2n) is 6.66. The van der Waals surface area contributed by atoms with E-state index in [1.807, 2.05) is 20.8 Å². The number of hydrogen-bond donors (Lipinski definition) is 3. The fourth-order valence-corrected chi connectivity index (χ4v) is 2.53. The van der Waals surface area contributed by atoms with Crippen molar-refractivity contribution in [1.82, 2.24) is 10.2 Å². The highest BCUT2D eigenvalue weighted by Crippen LogP contribution is 2.22. The third-order valence-electron chi connectivity index (χ3n) is 3.77. The molecule has 0 bridgehead atoms. The SMILES string of the molecule is CC(O)CC(C)(C)CNC(=O)N1CCC(C)C(O)C1. The molecule has 1 fully saturated rings. The molecule has 1 aliphatic heterocycles. The van der Waals surface area contributed by atoms with Crippen LogP contribution in [0, 0.1) is 11.3 Å². The summed E-state index contributed by atoms with van der Waals surface area (Å²) in [7, 11) is 0. The Morgan fingerprint density at radius 1 is 1.53 bits per heavy atom. The van der Waals surface area contributed by atoms with Crippen molar-refractivity contribution in [2.75, 3.05) is 19.6 Å². The van der Waals surface area contributed by atoms with Gasteiger partial charge in [-0.2, -0.15) is 0 Å². The van der Waals surface area contributed by atoms with Gasteiger partial charge in [0, 0.05) is 19.6 Å². The topological polar surface area (TPSA) is 72.8 Å². The predicted molar refractivity (Wildman–Crippen MR) is 74.8 cm³/mol. The number of piperidine rings is 1. The normalized spacial score (nSPS) is 26.1. The zero-order valence-corrected chi connectivity index (χ0v) is 12.5. The van der Waals surface area contributed by atoms with Gasteiger partial charge in [0.2, 0.25) is 0 Å². The van der Waals surface area contributed by atoms with Crippen LogP contribution in [0.4, 0.5) is 4.79 Å². The van der Waals surface area contributed by atoms with Crippen LogP contribution in [-0.2, 0) is 0 Å². The molecular weight excluding hydrogens is 244 g/mol. The first-order valence-electron chi connectivity index (χ1n) is 7.10. The summed E-state index contributed by atoms with van der Waals surface area (Å²) in [4.78, 5) is 13.7. The lowest BCUT2D eigenvalue weighted by atomic mass is 9.87. The third-order valence-corrected chi connectivity index (χ3v) is 3.77. The van der Waals surface area contributed by atoms with Crippen molar-refractivity contribution < 1.29 is 15.0 Å². The van der Waals surface area contributed by atoms with Crippen molar-refractivity contribution in [2.45, 2.75) is 52.7 Å². The molecule has 1 heterocycles. The molecule has 1 aliphatic rings. The van der Waals surface area contributed by atoms with Gasteiger partial charge in [-0.25, -0.2) is 4.79 Å². The molecule has 3 atom stereocenters. The summed E-state index contributed by atoms with van der Waals surface area (Å²) in [5, 5.41) is 22.1. The number of carbonyl (C=O) groups is 1. The Morgan fingerprint density at radius 3 is 2.68 bits per heavy atom. The van der Waals surface area contributed by atoms with Gasteiger partial charge < -0.3 is 20.4 Å². The van der Waals surface area contributed by atoms with Gasteiger partial charge in [0.1, 0.15) is 0 Å². The van der Waals surface area contributed by atoms with Crippen LogP contribution >= 0.6 is 0 Å². The molecule has 0 spiro atoms. The largest absolute Gasteiger partial charge is 0.393 e. The van der Waals surface area contributed by atoms with E-state index in [0.29, 0.717) is 26.1 Å². The Balaban J connectivity index is 2.39. The van der Waals surface area contributed by atoms with Crippen LogP contribution in [0.3, 0.4) is 0 Å². The fraction of sp³-hybridized carbons (Fsp3) is 0.929. The lowest BCUT2D eigenvalue weighted by Crippen LogP contribution is -2.51. The second-order valence-corrected chi connectivity index (χ2v) is 6.66. The van der Waals surface area contributed by atoms with Crippen LogP contribution < -0.4 is 5.32 Å². The number of likely N-dealkylation sites (tertiary alicyclic amines) is 1. The Labute approximate surface area is 116 Å². The van der Waals surface area contributed by atoms with Crippen molar-refractivity contribution >= 4 is 6.03 Å². The van der Waals surface area contributed by atoms with Gasteiger partial charge in [-0.3, -0.25) is 0 Å². The molecule has 112 valence electrons. The molecule has 19 heavy (non-hydrogen) atoms. The van der Waals surface area contributed by atoms with Gasteiger partial charge in [-0.05, 0) is 31.1 Å². The summed E-state index contributed by atoms with van der Waals surface area (Å²) in [5.74, 6) is 0.260. The van der Waals surface area contributed by atoms with E-state index in [4.69, 9.17) is 0 Å². The fourth-order valence-electron chi connectivity index (χ4n) is 2.53. The van der Waals surface area contributed by atoms with Gasteiger partial charge in [0.15, 0.2) is 0 Å². The van der Waals surface area contributed by atoms with Crippen LogP contribution in [0.5, 0.6) is 0 Å². The molecule has 3 unspecified atom stereocenters. The van der Waals surface area contributed by atoms with Crippen molar-refractivity contribution in [3.63, 3.8) is 0 Å². The minimum absolute atomic E-state index is 0.121. The van der Waals surface area contributed by atoms with E-state index < -0.39 is 6.10 Å². The second kappa shape index (κ2) is 6.57. The molecular formula is C14H28N2O3. The first-order valence-corrected chi connectivity index (χ1v) is 7.10. The molecule has 0 radical (unpaired) electrons. The maximum Gasteiger partial charge on any atom is 0.317 e. The number of urea groups is 1. The number of rotatable bonds is 4. The predicted octanol–water partition coefficient (Wildman–Crippen LogP) is 1.20. The number of aliphatic hydroxyl groups excluding tert-OH is 2. The highest BCUT2D eigenvalue weighted by molar-refractivity contribution is 5.74. The highest BCUT2D eigenvalue weighted by atomic mass is 16.3. The van der Waals surface area contributed by atoms with Crippen molar-refractivity contribution in [2.24, 2.45) is 11.3 Å². The Bertz CT molecular complexity index is 305. The lowest BCUT2D eigenvalue weighted by Gasteiger charge is -2.35. The van der Waals surface area contributed by atoms with E-state index >= 15 is 0 Å². The molecule has 0 saturated carbocycles. The molecule has 2 amide bonds. The van der Waals surface area contributed by atoms with Crippen LogP contribution in [0.25, 0.3) is 0 Å². The Morgan fingerprint density at radius 2 is 2.16 bits per heavy atom. The zero-order valence-electron chi connectivity index (χ0n) is 12.5. The third kappa shape index (κ3) is 5.37. The van der Waals surface area contributed by atoms with Crippen molar-refractivity contribution in [3.8, 4) is 0 Å². The highest BCUT2D eigenvalue weighted by Gasteiger charge is 2.28. The van der Waals surface area contributed by atoms with Gasteiger partial charge in [-0.15, -0.1) is 0 Å². The minimum Gasteiger partial charge on any atom is -0.393 e. The first kappa shape index (κ1) is 16.2. The smallest absolute Gasteiger partial charge is 0.317 e. The minimum atomic E-state index is -0.426. The number of amides is 2. The molecule has 1 saturated heterocycles. The summed E-state index contributed by atoms with van der Waals surface area (Å²) in [6, 6.07) is -0.121.